The summed E-state index contributed by atoms with van der Waals surface area (Å²) in [6.45, 7) is 13.3. The first-order valence-electron chi connectivity index (χ1n) is 10.1. The van der Waals surface area contributed by atoms with Gasteiger partial charge in [-0.3, -0.25) is 0 Å². The first-order valence-corrected chi connectivity index (χ1v) is 10.1. The third kappa shape index (κ3) is 2.86. The number of hydrogen-bond acceptors (Lipinski definition) is 3. The van der Waals surface area contributed by atoms with Crippen LogP contribution in [0.1, 0.15) is 58.2 Å². The monoisotopic (exact) mass is 375 g/mol. The van der Waals surface area contributed by atoms with E-state index in [0.29, 0.717) is 6.54 Å². The van der Waals surface area contributed by atoms with Gasteiger partial charge in [-0.25, -0.2) is 0 Å². The van der Waals surface area contributed by atoms with Crippen LogP contribution in [-0.2, 0) is 14.7 Å². The third-order valence-corrected chi connectivity index (χ3v) is 6.75. The van der Waals surface area contributed by atoms with Crippen LogP contribution in [0.3, 0.4) is 0 Å². The van der Waals surface area contributed by atoms with Crippen LogP contribution < -0.4 is 5.73 Å². The molecule has 1 aliphatic carbocycles. The van der Waals surface area contributed by atoms with E-state index >= 15 is 0 Å². The SMILES string of the molecule is CC1(C)c2ccccc2-c2ccc(C=C(CN)B3OC(C)(C)C(C)(C)O3)cc21. The Morgan fingerprint density at radius 1 is 0.893 bits per heavy atom. The molecule has 4 heteroatoms. The van der Waals surface area contributed by atoms with Crippen molar-refractivity contribution >= 4 is 13.2 Å². The van der Waals surface area contributed by atoms with Crippen molar-refractivity contribution in [2.24, 2.45) is 5.73 Å². The minimum absolute atomic E-state index is 0.0109. The van der Waals surface area contributed by atoms with Gasteiger partial charge in [0.05, 0.1) is 11.2 Å². The van der Waals surface area contributed by atoms with Crippen molar-refractivity contribution in [1.82, 2.24) is 0 Å². The summed E-state index contributed by atoms with van der Waals surface area (Å²) < 4.78 is 12.4. The first-order chi connectivity index (χ1) is 13.1. The van der Waals surface area contributed by atoms with Crippen LogP contribution in [0.25, 0.3) is 17.2 Å². The van der Waals surface area contributed by atoms with E-state index in [-0.39, 0.29) is 16.6 Å². The number of nitrogens with two attached hydrogens (primary N) is 1. The van der Waals surface area contributed by atoms with Gasteiger partial charge in [-0.1, -0.05) is 62.4 Å². The quantitative estimate of drug-likeness (QED) is 0.771. The fourth-order valence-corrected chi connectivity index (χ4v) is 4.24. The number of hydrogen-bond donors (Lipinski definition) is 1. The van der Waals surface area contributed by atoms with Gasteiger partial charge >= 0.3 is 7.12 Å². The van der Waals surface area contributed by atoms with Gasteiger partial charge in [0.1, 0.15) is 0 Å². The zero-order valence-corrected chi connectivity index (χ0v) is 17.8. The summed E-state index contributed by atoms with van der Waals surface area (Å²) in [7, 11) is -0.409. The van der Waals surface area contributed by atoms with E-state index in [1.807, 2.05) is 0 Å². The molecule has 28 heavy (non-hydrogen) atoms. The average Bonchev–Trinajstić information content (AvgIpc) is 3.00. The zero-order chi connectivity index (χ0) is 20.3. The maximum atomic E-state index is 6.20. The molecule has 1 heterocycles. The predicted molar refractivity (Wildman–Crippen MR) is 117 cm³/mol. The largest absolute Gasteiger partial charge is 0.491 e. The van der Waals surface area contributed by atoms with Gasteiger partial charge < -0.3 is 15.0 Å². The molecular weight excluding hydrogens is 345 g/mol. The molecule has 0 bridgehead atoms. The van der Waals surface area contributed by atoms with E-state index in [1.54, 1.807) is 0 Å². The number of benzene rings is 2. The summed E-state index contributed by atoms with van der Waals surface area (Å²) in [5.41, 5.74) is 12.8. The smallest absolute Gasteiger partial charge is 0.400 e. The summed E-state index contributed by atoms with van der Waals surface area (Å²) in [5.74, 6) is 0. The zero-order valence-electron chi connectivity index (χ0n) is 17.8. The van der Waals surface area contributed by atoms with Crippen LogP contribution in [0.5, 0.6) is 0 Å². The molecule has 2 aromatic rings. The van der Waals surface area contributed by atoms with Crippen molar-refractivity contribution in [2.45, 2.75) is 58.2 Å². The standard InChI is InChI=1S/C24H30BNO2/c1-22(2)20-10-8-7-9-18(20)19-12-11-16(14-21(19)22)13-17(15-26)25-27-23(3,4)24(5,6)28-25/h7-14H,15,26H2,1-6H3. The highest BCUT2D eigenvalue weighted by Gasteiger charge is 2.52. The predicted octanol–water partition coefficient (Wildman–Crippen LogP) is 4.97. The molecule has 3 nitrogen and oxygen atoms in total. The second-order valence-electron chi connectivity index (χ2n) is 9.49. The Kier molecular flexibility index (Phi) is 4.38. The Hall–Kier alpha value is -1.88. The van der Waals surface area contributed by atoms with Crippen molar-refractivity contribution in [1.29, 1.82) is 0 Å². The van der Waals surface area contributed by atoms with Gasteiger partial charge in [0.25, 0.3) is 0 Å². The molecule has 1 saturated heterocycles. The number of rotatable bonds is 3. The lowest BCUT2D eigenvalue weighted by atomic mass is 9.76. The Balaban J connectivity index is 1.71. The highest BCUT2D eigenvalue weighted by Crippen LogP contribution is 2.48. The molecular formula is C24H30BNO2. The third-order valence-electron chi connectivity index (χ3n) is 6.75. The maximum absolute atomic E-state index is 6.20. The minimum atomic E-state index is -0.409. The van der Waals surface area contributed by atoms with Crippen molar-refractivity contribution in [2.75, 3.05) is 6.54 Å². The lowest BCUT2D eigenvalue weighted by Crippen LogP contribution is -2.41. The molecule has 0 amide bonds. The van der Waals surface area contributed by atoms with Gasteiger partial charge in [-0.05, 0) is 61.0 Å². The lowest BCUT2D eigenvalue weighted by Gasteiger charge is -2.32. The average molecular weight is 375 g/mol. The Labute approximate surface area is 169 Å². The van der Waals surface area contributed by atoms with E-state index < -0.39 is 7.12 Å². The first kappa shape index (κ1) is 19.4. The molecule has 0 saturated carbocycles. The summed E-state index contributed by atoms with van der Waals surface area (Å²) in [4.78, 5) is 0. The molecule has 2 N–H and O–H groups in total. The fraction of sp³-hybridized carbons (Fsp3) is 0.417. The molecule has 146 valence electrons. The molecule has 0 atom stereocenters. The van der Waals surface area contributed by atoms with Gasteiger partial charge in [-0.15, -0.1) is 0 Å². The van der Waals surface area contributed by atoms with Crippen LogP contribution in [0, 0.1) is 0 Å². The van der Waals surface area contributed by atoms with E-state index in [9.17, 15) is 0 Å². The van der Waals surface area contributed by atoms with Crippen LogP contribution in [0.4, 0.5) is 0 Å². The highest BCUT2D eigenvalue weighted by atomic mass is 16.7. The molecule has 0 aromatic heterocycles. The van der Waals surface area contributed by atoms with Gasteiger partial charge in [0.2, 0.25) is 0 Å². The van der Waals surface area contributed by atoms with Crippen molar-refractivity contribution in [3.8, 4) is 11.1 Å². The molecule has 0 radical (unpaired) electrons. The highest BCUT2D eigenvalue weighted by molar-refractivity contribution is 6.55. The van der Waals surface area contributed by atoms with Crippen LogP contribution in [-0.4, -0.2) is 24.9 Å². The topological polar surface area (TPSA) is 44.5 Å². The second-order valence-corrected chi connectivity index (χ2v) is 9.49. The molecule has 1 aliphatic heterocycles. The molecule has 2 aliphatic rings. The van der Waals surface area contributed by atoms with Gasteiger partial charge in [0.15, 0.2) is 0 Å². The van der Waals surface area contributed by atoms with Crippen molar-refractivity contribution < 1.29 is 9.31 Å². The minimum Gasteiger partial charge on any atom is -0.400 e. The molecule has 1 fully saturated rings. The molecule has 0 unspecified atom stereocenters. The fourth-order valence-electron chi connectivity index (χ4n) is 4.24. The molecule has 4 rings (SSSR count). The lowest BCUT2D eigenvalue weighted by molar-refractivity contribution is 0.00578. The van der Waals surface area contributed by atoms with Gasteiger partial charge in [-0.2, -0.15) is 0 Å². The molecule has 2 aromatic carbocycles. The van der Waals surface area contributed by atoms with Crippen molar-refractivity contribution in [3.63, 3.8) is 0 Å². The Morgan fingerprint density at radius 2 is 1.50 bits per heavy atom. The van der Waals surface area contributed by atoms with E-state index in [1.165, 1.54) is 22.3 Å². The van der Waals surface area contributed by atoms with E-state index in [2.05, 4.69) is 90.1 Å². The molecule has 0 spiro atoms. The normalized spacial score (nSPS) is 21.5. The van der Waals surface area contributed by atoms with Crippen LogP contribution in [0.15, 0.2) is 47.9 Å². The summed E-state index contributed by atoms with van der Waals surface area (Å²) in [5, 5.41) is 0. The van der Waals surface area contributed by atoms with Crippen LogP contribution >= 0.6 is 0 Å². The summed E-state index contributed by atoms with van der Waals surface area (Å²) >= 11 is 0. The van der Waals surface area contributed by atoms with Gasteiger partial charge in [0, 0.05) is 12.0 Å². The van der Waals surface area contributed by atoms with Crippen LogP contribution in [0.2, 0.25) is 0 Å². The maximum Gasteiger partial charge on any atom is 0.491 e. The Morgan fingerprint density at radius 3 is 2.14 bits per heavy atom. The number of fused-ring (bicyclic) bond motifs is 3. The van der Waals surface area contributed by atoms with E-state index in [4.69, 9.17) is 15.0 Å². The van der Waals surface area contributed by atoms with Crippen molar-refractivity contribution in [3.05, 3.63) is 64.6 Å². The summed E-state index contributed by atoms with van der Waals surface area (Å²) in [6, 6.07) is 15.4. The Bertz CT molecular complexity index is 943. The van der Waals surface area contributed by atoms with E-state index in [0.717, 1.165) is 11.0 Å². The summed E-state index contributed by atoms with van der Waals surface area (Å²) in [6.07, 6.45) is 2.13. The second kappa shape index (κ2) is 6.31.